The van der Waals surface area contributed by atoms with E-state index in [2.05, 4.69) is 13.8 Å². The summed E-state index contributed by atoms with van der Waals surface area (Å²) in [5, 5.41) is 0. The first kappa shape index (κ1) is 20.3. The van der Waals surface area contributed by atoms with E-state index in [1.54, 1.807) is 0 Å². The summed E-state index contributed by atoms with van der Waals surface area (Å²) < 4.78 is 18.0. The molecule has 5 rings (SSSR count). The molecular formula is C25H40O4. The largest absolute Gasteiger partial charge is 0.466 e. The van der Waals surface area contributed by atoms with Crippen molar-refractivity contribution in [1.82, 2.24) is 0 Å². The van der Waals surface area contributed by atoms with E-state index in [4.69, 9.17) is 14.2 Å². The molecule has 1 unspecified atom stereocenters. The van der Waals surface area contributed by atoms with Crippen LogP contribution in [0.4, 0.5) is 0 Å². The molecule has 5 aliphatic rings. The molecule has 1 spiro atoms. The quantitative estimate of drug-likeness (QED) is 0.583. The van der Waals surface area contributed by atoms with Crippen LogP contribution in [0.3, 0.4) is 0 Å². The molecule has 4 nitrogen and oxygen atoms in total. The fourth-order valence-corrected chi connectivity index (χ4v) is 8.86. The molecule has 0 bridgehead atoms. The maximum atomic E-state index is 12.5. The van der Waals surface area contributed by atoms with Crippen LogP contribution >= 0.6 is 0 Å². The molecule has 5 fully saturated rings. The summed E-state index contributed by atoms with van der Waals surface area (Å²) in [6, 6.07) is 0. The van der Waals surface area contributed by atoms with Gasteiger partial charge >= 0.3 is 5.97 Å². The van der Waals surface area contributed by atoms with Gasteiger partial charge in [-0.15, -0.1) is 0 Å². The van der Waals surface area contributed by atoms with Gasteiger partial charge in [-0.05, 0) is 87.4 Å². The fraction of sp³-hybridized carbons (Fsp3) is 0.960. The Kier molecular flexibility index (Phi) is 5.06. The van der Waals surface area contributed by atoms with Gasteiger partial charge in [0.15, 0.2) is 5.79 Å². The van der Waals surface area contributed by atoms with Gasteiger partial charge in [-0.2, -0.15) is 0 Å². The van der Waals surface area contributed by atoms with E-state index in [9.17, 15) is 4.79 Å². The topological polar surface area (TPSA) is 44.8 Å². The highest BCUT2D eigenvalue weighted by molar-refractivity contribution is 5.72. The number of carbonyl (C=O) groups excluding carboxylic acids is 1. The van der Waals surface area contributed by atoms with Gasteiger partial charge in [0.1, 0.15) is 0 Å². The van der Waals surface area contributed by atoms with Gasteiger partial charge in [-0.3, -0.25) is 4.79 Å². The molecule has 1 aliphatic heterocycles. The van der Waals surface area contributed by atoms with Crippen LogP contribution in [0.2, 0.25) is 0 Å². The van der Waals surface area contributed by atoms with Crippen molar-refractivity contribution in [3.63, 3.8) is 0 Å². The zero-order valence-electron chi connectivity index (χ0n) is 18.7. The SMILES string of the molecule is CCOC(=O)C1CCC[C@@]2(C)[C@@H](CC[C@@H]3[C@@H]2CC[C@@]2(C)[C@H]3CCC23OCCO3)C1. The molecule has 0 radical (unpaired) electrons. The Morgan fingerprint density at radius 2 is 1.72 bits per heavy atom. The fourth-order valence-electron chi connectivity index (χ4n) is 8.86. The average molecular weight is 405 g/mol. The van der Waals surface area contributed by atoms with Crippen molar-refractivity contribution >= 4 is 5.97 Å². The predicted octanol–water partition coefficient (Wildman–Crippen LogP) is 5.34. The highest BCUT2D eigenvalue weighted by atomic mass is 16.7. The zero-order chi connectivity index (χ0) is 20.3. The first-order valence-corrected chi connectivity index (χ1v) is 12.4. The third kappa shape index (κ3) is 2.87. The summed E-state index contributed by atoms with van der Waals surface area (Å²) in [5.74, 6) is 2.92. The highest BCUT2D eigenvalue weighted by Gasteiger charge is 2.67. The Morgan fingerprint density at radius 1 is 0.966 bits per heavy atom. The lowest BCUT2D eigenvalue weighted by atomic mass is 9.46. The Morgan fingerprint density at radius 3 is 2.48 bits per heavy atom. The van der Waals surface area contributed by atoms with Crippen LogP contribution in [0.15, 0.2) is 0 Å². The van der Waals surface area contributed by atoms with Crippen LogP contribution in [-0.4, -0.2) is 31.6 Å². The number of hydrogen-bond donors (Lipinski definition) is 0. The minimum absolute atomic E-state index is 0.0587. The van der Waals surface area contributed by atoms with Crippen LogP contribution in [-0.2, 0) is 19.0 Å². The zero-order valence-corrected chi connectivity index (χ0v) is 18.7. The van der Waals surface area contributed by atoms with Crippen LogP contribution in [0.5, 0.6) is 0 Å². The third-order valence-corrected chi connectivity index (χ3v) is 10.3. The van der Waals surface area contributed by atoms with Crippen molar-refractivity contribution in [2.24, 2.45) is 40.4 Å². The Labute approximate surface area is 176 Å². The standard InChI is InChI=1S/C25H40O4/c1-4-27-22(26)17-6-5-11-23(2)18(16-17)7-8-19-20(23)9-12-24(3)21(19)10-13-25(24)28-14-15-29-25/h17-21H,4-16H2,1-3H3/t17?,18-,19+,20-,21-,23-,24-/m0/s1. The number of hydrogen-bond acceptors (Lipinski definition) is 4. The molecule has 1 heterocycles. The lowest BCUT2D eigenvalue weighted by Crippen LogP contribution is -2.56. The summed E-state index contributed by atoms with van der Waals surface area (Å²) in [4.78, 5) is 12.5. The normalized spacial score (nSPS) is 48.4. The number of fused-ring (bicyclic) bond motifs is 6. The molecular weight excluding hydrogens is 364 g/mol. The van der Waals surface area contributed by atoms with Gasteiger partial charge < -0.3 is 14.2 Å². The lowest BCUT2D eigenvalue weighted by Gasteiger charge is -2.59. The second-order valence-electron chi connectivity index (χ2n) is 11.2. The number of esters is 1. The molecule has 0 aromatic rings. The van der Waals surface area contributed by atoms with E-state index in [1.165, 1.54) is 44.9 Å². The smallest absolute Gasteiger partial charge is 0.308 e. The van der Waals surface area contributed by atoms with Gasteiger partial charge in [0, 0.05) is 11.8 Å². The Balaban J connectivity index is 1.38. The number of ether oxygens (including phenoxy) is 3. The molecule has 7 atom stereocenters. The first-order valence-electron chi connectivity index (χ1n) is 12.4. The second-order valence-corrected chi connectivity index (χ2v) is 11.2. The van der Waals surface area contributed by atoms with Gasteiger partial charge in [-0.1, -0.05) is 20.3 Å². The molecule has 1 saturated heterocycles. The number of carbonyl (C=O) groups is 1. The second kappa shape index (κ2) is 7.22. The van der Waals surface area contributed by atoms with E-state index < -0.39 is 0 Å². The maximum absolute atomic E-state index is 12.5. The van der Waals surface area contributed by atoms with E-state index in [-0.39, 0.29) is 23.1 Å². The summed E-state index contributed by atoms with van der Waals surface area (Å²) in [7, 11) is 0. The average Bonchev–Trinajstić information content (AvgIpc) is 3.24. The van der Waals surface area contributed by atoms with E-state index in [0.717, 1.165) is 50.2 Å². The summed E-state index contributed by atoms with van der Waals surface area (Å²) >= 11 is 0. The van der Waals surface area contributed by atoms with Gasteiger partial charge in [0.25, 0.3) is 0 Å². The molecule has 4 heteroatoms. The van der Waals surface area contributed by atoms with Crippen molar-refractivity contribution in [3.05, 3.63) is 0 Å². The number of rotatable bonds is 2. The third-order valence-electron chi connectivity index (χ3n) is 10.3. The minimum Gasteiger partial charge on any atom is -0.466 e. The minimum atomic E-state index is -0.293. The van der Waals surface area contributed by atoms with Crippen molar-refractivity contribution < 1.29 is 19.0 Å². The molecule has 0 aromatic carbocycles. The van der Waals surface area contributed by atoms with Gasteiger partial charge in [-0.25, -0.2) is 0 Å². The van der Waals surface area contributed by atoms with Crippen LogP contribution in [0.25, 0.3) is 0 Å². The predicted molar refractivity (Wildman–Crippen MR) is 111 cm³/mol. The molecule has 0 amide bonds. The van der Waals surface area contributed by atoms with Crippen LogP contribution < -0.4 is 0 Å². The van der Waals surface area contributed by atoms with Crippen molar-refractivity contribution in [2.45, 2.75) is 90.8 Å². The van der Waals surface area contributed by atoms with Crippen molar-refractivity contribution in [1.29, 1.82) is 0 Å². The van der Waals surface area contributed by atoms with E-state index in [1.807, 2.05) is 6.92 Å². The summed E-state index contributed by atoms with van der Waals surface area (Å²) in [6.45, 7) is 9.03. The Bertz CT molecular complexity index is 641. The van der Waals surface area contributed by atoms with Crippen LogP contribution in [0, 0.1) is 40.4 Å². The summed E-state index contributed by atoms with van der Waals surface area (Å²) in [6.07, 6.45) is 12.1. The van der Waals surface area contributed by atoms with Gasteiger partial charge in [0.05, 0.1) is 25.7 Å². The molecule has 0 N–H and O–H groups in total. The molecule has 164 valence electrons. The van der Waals surface area contributed by atoms with E-state index >= 15 is 0 Å². The monoisotopic (exact) mass is 404 g/mol. The molecule has 4 saturated carbocycles. The van der Waals surface area contributed by atoms with Crippen molar-refractivity contribution in [2.75, 3.05) is 19.8 Å². The highest BCUT2D eigenvalue weighted by Crippen LogP contribution is 2.69. The maximum Gasteiger partial charge on any atom is 0.308 e. The summed E-state index contributed by atoms with van der Waals surface area (Å²) in [5.41, 5.74) is 0.574. The lowest BCUT2D eigenvalue weighted by molar-refractivity contribution is -0.246. The first-order chi connectivity index (χ1) is 13.9. The van der Waals surface area contributed by atoms with Crippen molar-refractivity contribution in [3.8, 4) is 0 Å². The van der Waals surface area contributed by atoms with E-state index in [0.29, 0.717) is 17.9 Å². The molecule has 29 heavy (non-hydrogen) atoms. The Hall–Kier alpha value is -0.610. The van der Waals surface area contributed by atoms with Crippen LogP contribution in [0.1, 0.15) is 85.0 Å². The molecule has 4 aliphatic carbocycles. The van der Waals surface area contributed by atoms with Gasteiger partial charge in [0.2, 0.25) is 0 Å². The molecule has 0 aromatic heterocycles.